The standard InChI is InChI=1S/C16H17Cl2NO2/c1-3-20-11-19(2)13-5-4-6-14(10-13)21-16-8-7-12(17)9-15(16)18/h4-10H,3,11H2,1-2H3. The quantitative estimate of drug-likeness (QED) is 0.680. The van der Waals surface area contributed by atoms with Gasteiger partial charge in [-0.3, -0.25) is 0 Å². The molecule has 0 unspecified atom stereocenters. The number of nitrogens with zero attached hydrogens (tertiary/aromatic N) is 1. The van der Waals surface area contributed by atoms with Crippen LogP contribution in [-0.4, -0.2) is 20.4 Å². The van der Waals surface area contributed by atoms with Crippen molar-refractivity contribution in [2.24, 2.45) is 0 Å². The lowest BCUT2D eigenvalue weighted by Gasteiger charge is -2.19. The van der Waals surface area contributed by atoms with Gasteiger partial charge >= 0.3 is 0 Å². The summed E-state index contributed by atoms with van der Waals surface area (Å²) in [5, 5.41) is 1.06. The van der Waals surface area contributed by atoms with E-state index in [-0.39, 0.29) is 0 Å². The summed E-state index contributed by atoms with van der Waals surface area (Å²) >= 11 is 12.0. The van der Waals surface area contributed by atoms with Crippen LogP contribution in [0.2, 0.25) is 10.0 Å². The Morgan fingerprint density at radius 3 is 2.62 bits per heavy atom. The van der Waals surface area contributed by atoms with E-state index >= 15 is 0 Å². The molecule has 0 saturated heterocycles. The van der Waals surface area contributed by atoms with Gasteiger partial charge in [0.05, 0.1) is 5.02 Å². The smallest absolute Gasteiger partial charge is 0.146 e. The lowest BCUT2D eigenvalue weighted by Crippen LogP contribution is -2.20. The van der Waals surface area contributed by atoms with Gasteiger partial charge in [0.15, 0.2) is 0 Å². The van der Waals surface area contributed by atoms with Crippen LogP contribution in [0.4, 0.5) is 5.69 Å². The summed E-state index contributed by atoms with van der Waals surface area (Å²) < 4.78 is 11.2. The summed E-state index contributed by atoms with van der Waals surface area (Å²) in [6.45, 7) is 3.18. The molecular weight excluding hydrogens is 309 g/mol. The average molecular weight is 326 g/mol. The maximum Gasteiger partial charge on any atom is 0.146 e. The number of hydrogen-bond acceptors (Lipinski definition) is 3. The first kappa shape index (κ1) is 16.0. The van der Waals surface area contributed by atoms with E-state index in [0.29, 0.717) is 34.9 Å². The van der Waals surface area contributed by atoms with Gasteiger partial charge in [-0.2, -0.15) is 0 Å². The Morgan fingerprint density at radius 2 is 1.90 bits per heavy atom. The van der Waals surface area contributed by atoms with Crippen LogP contribution in [0.5, 0.6) is 11.5 Å². The van der Waals surface area contributed by atoms with Gasteiger partial charge in [-0.1, -0.05) is 29.3 Å². The van der Waals surface area contributed by atoms with E-state index in [0.717, 1.165) is 5.69 Å². The molecule has 0 heterocycles. The molecule has 0 amide bonds. The van der Waals surface area contributed by atoms with Gasteiger partial charge in [0.25, 0.3) is 0 Å². The van der Waals surface area contributed by atoms with Crippen molar-refractivity contribution in [3.63, 3.8) is 0 Å². The highest BCUT2D eigenvalue weighted by molar-refractivity contribution is 6.35. The second-order valence-corrected chi connectivity index (χ2v) is 5.34. The molecule has 2 aromatic rings. The molecule has 0 fully saturated rings. The highest BCUT2D eigenvalue weighted by atomic mass is 35.5. The largest absolute Gasteiger partial charge is 0.456 e. The molecule has 21 heavy (non-hydrogen) atoms. The van der Waals surface area contributed by atoms with E-state index in [2.05, 4.69) is 0 Å². The Kier molecular flexibility index (Phi) is 5.74. The molecule has 5 heteroatoms. The zero-order valence-electron chi connectivity index (χ0n) is 12.0. The number of halogens is 2. The van der Waals surface area contributed by atoms with Crippen molar-refractivity contribution in [3.05, 3.63) is 52.5 Å². The van der Waals surface area contributed by atoms with E-state index in [1.165, 1.54) is 0 Å². The monoisotopic (exact) mass is 325 g/mol. The lowest BCUT2D eigenvalue weighted by atomic mass is 10.3. The molecule has 0 bridgehead atoms. The number of ether oxygens (including phenoxy) is 2. The van der Waals surface area contributed by atoms with E-state index in [1.807, 2.05) is 43.1 Å². The first-order valence-corrected chi connectivity index (χ1v) is 7.37. The topological polar surface area (TPSA) is 21.7 Å². The van der Waals surface area contributed by atoms with Crippen molar-refractivity contribution in [1.82, 2.24) is 0 Å². The zero-order chi connectivity index (χ0) is 15.2. The summed E-state index contributed by atoms with van der Waals surface area (Å²) in [6.07, 6.45) is 0. The molecule has 0 aromatic heterocycles. The van der Waals surface area contributed by atoms with Crippen molar-refractivity contribution in [2.75, 3.05) is 25.3 Å². The van der Waals surface area contributed by atoms with Crippen LogP contribution in [0.3, 0.4) is 0 Å². The van der Waals surface area contributed by atoms with Crippen LogP contribution in [0, 0.1) is 0 Å². The molecule has 0 N–H and O–H groups in total. The zero-order valence-corrected chi connectivity index (χ0v) is 13.5. The van der Waals surface area contributed by atoms with Crippen LogP contribution in [-0.2, 0) is 4.74 Å². The first-order valence-electron chi connectivity index (χ1n) is 6.62. The Balaban J connectivity index is 2.13. The van der Waals surface area contributed by atoms with Gasteiger partial charge in [-0.25, -0.2) is 0 Å². The predicted molar refractivity (Wildman–Crippen MR) is 87.9 cm³/mol. The van der Waals surface area contributed by atoms with E-state index in [4.69, 9.17) is 32.7 Å². The van der Waals surface area contributed by atoms with Gasteiger partial charge in [-0.05, 0) is 37.3 Å². The third kappa shape index (κ3) is 4.53. The second kappa shape index (κ2) is 7.55. The summed E-state index contributed by atoms with van der Waals surface area (Å²) in [4.78, 5) is 2.00. The van der Waals surface area contributed by atoms with Crippen LogP contribution in [0.15, 0.2) is 42.5 Å². The Hall–Kier alpha value is -1.42. The van der Waals surface area contributed by atoms with Crippen molar-refractivity contribution >= 4 is 28.9 Å². The SMILES string of the molecule is CCOCN(C)c1cccc(Oc2ccc(Cl)cc2Cl)c1. The molecule has 0 spiro atoms. The summed E-state index contributed by atoms with van der Waals surface area (Å²) in [7, 11) is 1.96. The van der Waals surface area contributed by atoms with Gasteiger partial charge in [0.2, 0.25) is 0 Å². The molecule has 0 atom stereocenters. The molecule has 0 aliphatic heterocycles. The van der Waals surface area contributed by atoms with E-state index < -0.39 is 0 Å². The third-order valence-corrected chi connectivity index (χ3v) is 3.40. The van der Waals surface area contributed by atoms with E-state index in [1.54, 1.807) is 18.2 Å². The number of benzene rings is 2. The average Bonchev–Trinajstić information content (AvgIpc) is 2.48. The molecule has 0 aliphatic carbocycles. The van der Waals surface area contributed by atoms with Crippen molar-refractivity contribution < 1.29 is 9.47 Å². The minimum Gasteiger partial charge on any atom is -0.456 e. The first-order chi connectivity index (χ1) is 10.1. The summed E-state index contributed by atoms with van der Waals surface area (Å²) in [5.74, 6) is 1.28. The fourth-order valence-corrected chi connectivity index (χ4v) is 2.22. The minimum absolute atomic E-state index is 0.482. The van der Waals surface area contributed by atoms with Crippen molar-refractivity contribution in [2.45, 2.75) is 6.92 Å². The van der Waals surface area contributed by atoms with Crippen LogP contribution >= 0.6 is 23.2 Å². The molecule has 2 aromatic carbocycles. The van der Waals surface area contributed by atoms with Crippen molar-refractivity contribution in [3.8, 4) is 11.5 Å². The maximum absolute atomic E-state index is 6.11. The lowest BCUT2D eigenvalue weighted by molar-refractivity contribution is 0.151. The van der Waals surface area contributed by atoms with Gasteiger partial charge in [0.1, 0.15) is 18.2 Å². The number of hydrogen-bond donors (Lipinski definition) is 0. The predicted octanol–water partition coefficient (Wildman–Crippen LogP) is 5.22. The normalized spacial score (nSPS) is 10.5. The molecular formula is C16H17Cl2NO2. The Bertz CT molecular complexity index is 605. The van der Waals surface area contributed by atoms with Gasteiger partial charge < -0.3 is 14.4 Å². The van der Waals surface area contributed by atoms with Crippen molar-refractivity contribution in [1.29, 1.82) is 0 Å². The molecule has 0 radical (unpaired) electrons. The van der Waals surface area contributed by atoms with Crippen LogP contribution < -0.4 is 9.64 Å². The second-order valence-electron chi connectivity index (χ2n) is 4.49. The summed E-state index contributed by atoms with van der Waals surface area (Å²) in [6, 6.07) is 12.9. The van der Waals surface area contributed by atoms with Crippen LogP contribution in [0.1, 0.15) is 6.92 Å². The molecule has 3 nitrogen and oxygen atoms in total. The number of rotatable bonds is 6. The third-order valence-electron chi connectivity index (χ3n) is 2.87. The fraction of sp³-hybridized carbons (Fsp3) is 0.250. The molecule has 0 aliphatic rings. The molecule has 2 rings (SSSR count). The Morgan fingerprint density at radius 1 is 1.10 bits per heavy atom. The van der Waals surface area contributed by atoms with Gasteiger partial charge in [0, 0.05) is 30.4 Å². The van der Waals surface area contributed by atoms with Gasteiger partial charge in [-0.15, -0.1) is 0 Å². The maximum atomic E-state index is 6.11. The van der Waals surface area contributed by atoms with E-state index in [9.17, 15) is 0 Å². The summed E-state index contributed by atoms with van der Waals surface area (Å²) in [5.41, 5.74) is 1.01. The molecule has 0 saturated carbocycles. The Labute approximate surface area is 135 Å². The number of anilines is 1. The highest BCUT2D eigenvalue weighted by Gasteiger charge is 2.06. The highest BCUT2D eigenvalue weighted by Crippen LogP contribution is 2.32. The van der Waals surface area contributed by atoms with Crippen LogP contribution in [0.25, 0.3) is 0 Å². The molecule has 112 valence electrons. The fourth-order valence-electron chi connectivity index (χ4n) is 1.77. The minimum atomic E-state index is 0.482.